The fourth-order valence-electron chi connectivity index (χ4n) is 1.83. The Hall–Kier alpha value is -0.725. The molecule has 0 bridgehead atoms. The van der Waals surface area contributed by atoms with Crippen molar-refractivity contribution in [2.75, 3.05) is 0 Å². The number of ether oxygens (including phenoxy) is 1. The molecule has 0 fully saturated rings. The van der Waals surface area contributed by atoms with Gasteiger partial charge in [0.15, 0.2) is 19.4 Å². The van der Waals surface area contributed by atoms with Gasteiger partial charge < -0.3 is 4.74 Å². The van der Waals surface area contributed by atoms with Gasteiger partial charge in [-0.15, -0.1) is 0 Å². The first-order chi connectivity index (χ1) is 7.11. The lowest BCUT2D eigenvalue weighted by molar-refractivity contribution is 0.0998. The van der Waals surface area contributed by atoms with Gasteiger partial charge in [-0.3, -0.25) is 0 Å². The van der Waals surface area contributed by atoms with Crippen LogP contribution in [0.5, 0.6) is 0 Å². The normalized spacial score (nSPS) is 18.5. The molecule has 0 aromatic heterocycles. The van der Waals surface area contributed by atoms with Gasteiger partial charge in [0.25, 0.3) is 0 Å². The molecular weight excluding hydrogens is 202 g/mol. The van der Waals surface area contributed by atoms with Gasteiger partial charge in [-0.05, 0) is 43.8 Å². The average molecular weight is 224 g/mol. The van der Waals surface area contributed by atoms with E-state index in [1.165, 1.54) is 0 Å². The Kier molecular flexibility index (Phi) is 3.56. The van der Waals surface area contributed by atoms with E-state index in [2.05, 4.69) is 20.8 Å². The van der Waals surface area contributed by atoms with Crippen LogP contribution in [0.3, 0.4) is 0 Å². The Bertz CT molecular complexity index is 329. The minimum Gasteiger partial charge on any atom is -0.494 e. The van der Waals surface area contributed by atoms with Gasteiger partial charge in [-0.25, -0.2) is 4.39 Å². The lowest BCUT2D eigenvalue weighted by atomic mass is 9.80. The van der Waals surface area contributed by atoms with Crippen LogP contribution in [-0.4, -0.2) is 13.3 Å². The fourth-order valence-corrected chi connectivity index (χ4v) is 1.83. The van der Waals surface area contributed by atoms with Crippen LogP contribution >= 0.6 is 0 Å². The van der Waals surface area contributed by atoms with Crippen LogP contribution in [0.1, 0.15) is 47.5 Å². The summed E-state index contributed by atoms with van der Waals surface area (Å²) in [5.74, 6) is 0.261. The second kappa shape index (κ2) is 4.27. The lowest BCUT2D eigenvalue weighted by Gasteiger charge is -2.32. The Morgan fingerprint density at radius 1 is 1.25 bits per heavy atom. The molecule has 0 aliphatic heterocycles. The Morgan fingerprint density at radius 3 is 2.25 bits per heavy atom. The van der Waals surface area contributed by atoms with Crippen molar-refractivity contribution in [1.29, 1.82) is 0 Å². The van der Waals surface area contributed by atoms with Gasteiger partial charge in [-0.1, -0.05) is 20.8 Å². The predicted molar refractivity (Wildman–Crippen MR) is 68.6 cm³/mol. The molecule has 0 heterocycles. The quantitative estimate of drug-likeness (QED) is 0.654. The maximum atomic E-state index is 13.8. The summed E-state index contributed by atoms with van der Waals surface area (Å²) in [5.41, 5.74) is 0.697. The number of halogens is 1. The van der Waals surface area contributed by atoms with E-state index in [9.17, 15) is 4.39 Å². The number of hydrogen-bond acceptors (Lipinski definition) is 1. The summed E-state index contributed by atoms with van der Waals surface area (Å²) in [6.45, 7) is 10.2. The van der Waals surface area contributed by atoms with E-state index in [1.54, 1.807) is 6.08 Å². The van der Waals surface area contributed by atoms with E-state index in [-0.39, 0.29) is 16.7 Å². The summed E-state index contributed by atoms with van der Waals surface area (Å²) in [5, 5.41) is 0. The van der Waals surface area contributed by atoms with Crippen LogP contribution in [0.4, 0.5) is 4.39 Å². The molecule has 1 nitrogen and oxygen atoms in total. The van der Waals surface area contributed by atoms with Crippen molar-refractivity contribution in [3.8, 4) is 0 Å². The highest BCUT2D eigenvalue weighted by atomic mass is 19.1. The molecule has 0 radical (unpaired) electrons. The molecule has 0 saturated heterocycles. The van der Waals surface area contributed by atoms with E-state index < -0.39 is 0 Å². The third-order valence-corrected chi connectivity index (χ3v) is 2.52. The molecule has 0 amide bonds. The highest BCUT2D eigenvalue weighted by molar-refractivity contribution is 6.13. The number of allylic oxidation sites excluding steroid dienone is 3. The molecule has 0 aromatic rings. The summed E-state index contributed by atoms with van der Waals surface area (Å²) in [7, 11) is 1.95. The first-order valence-electron chi connectivity index (χ1n) is 5.90. The van der Waals surface area contributed by atoms with Crippen molar-refractivity contribution in [3.05, 3.63) is 23.2 Å². The summed E-state index contributed by atoms with van der Waals surface area (Å²) in [6, 6.07) is 0. The van der Waals surface area contributed by atoms with Gasteiger partial charge in [0.05, 0.1) is 5.50 Å². The number of hydrogen-bond donors (Lipinski definition) is 0. The SMILES string of the molecule is BC(C)(C)OC1=C(C(C)(C)C)CCC=C1F. The first kappa shape index (κ1) is 13.3. The summed E-state index contributed by atoms with van der Waals surface area (Å²) in [6.07, 6.45) is 3.29. The van der Waals surface area contributed by atoms with Crippen molar-refractivity contribution in [2.45, 2.75) is 53.0 Å². The van der Waals surface area contributed by atoms with Crippen molar-refractivity contribution in [3.63, 3.8) is 0 Å². The summed E-state index contributed by atoms with van der Waals surface area (Å²) in [4.78, 5) is 0. The molecule has 16 heavy (non-hydrogen) atoms. The van der Waals surface area contributed by atoms with Crippen molar-refractivity contribution >= 4 is 7.85 Å². The zero-order valence-electron chi connectivity index (χ0n) is 11.3. The molecule has 1 rings (SSSR count). The van der Waals surface area contributed by atoms with Crippen LogP contribution in [-0.2, 0) is 4.74 Å². The van der Waals surface area contributed by atoms with Gasteiger partial charge in [0, 0.05) is 0 Å². The highest BCUT2D eigenvalue weighted by Gasteiger charge is 2.29. The standard InChI is InChI=1S/C13H22BFO/c1-12(2,3)9-7-6-8-10(15)11(9)16-13(4,5)14/h8H,6-7,14H2,1-5H3. The smallest absolute Gasteiger partial charge is 0.161 e. The molecule has 0 unspecified atom stereocenters. The van der Waals surface area contributed by atoms with Gasteiger partial charge >= 0.3 is 0 Å². The minimum absolute atomic E-state index is 0.0355. The van der Waals surface area contributed by atoms with Gasteiger partial charge in [0.1, 0.15) is 0 Å². The molecule has 0 aromatic carbocycles. The molecule has 90 valence electrons. The maximum absolute atomic E-state index is 13.8. The van der Waals surface area contributed by atoms with Crippen molar-refractivity contribution in [1.82, 2.24) is 0 Å². The second-order valence-corrected chi connectivity index (χ2v) is 6.36. The van der Waals surface area contributed by atoms with E-state index in [1.807, 2.05) is 21.7 Å². The number of rotatable bonds is 2. The Morgan fingerprint density at radius 2 is 1.81 bits per heavy atom. The zero-order valence-corrected chi connectivity index (χ0v) is 11.3. The monoisotopic (exact) mass is 224 g/mol. The molecular formula is C13H22BFO. The van der Waals surface area contributed by atoms with Crippen LogP contribution < -0.4 is 0 Å². The van der Waals surface area contributed by atoms with Crippen LogP contribution in [0.2, 0.25) is 0 Å². The van der Waals surface area contributed by atoms with Crippen LogP contribution in [0.15, 0.2) is 23.2 Å². The topological polar surface area (TPSA) is 9.23 Å². The molecule has 1 aliphatic carbocycles. The van der Waals surface area contributed by atoms with E-state index >= 15 is 0 Å². The molecule has 1 aliphatic rings. The predicted octanol–water partition coefficient (Wildman–Crippen LogP) is 3.32. The van der Waals surface area contributed by atoms with Crippen LogP contribution in [0, 0.1) is 5.41 Å². The highest BCUT2D eigenvalue weighted by Crippen LogP contribution is 2.39. The minimum atomic E-state index is -0.353. The molecule has 0 atom stereocenters. The van der Waals surface area contributed by atoms with E-state index in [0.717, 1.165) is 18.4 Å². The molecule has 3 heteroatoms. The molecule has 0 spiro atoms. The Labute approximate surface area is 99.2 Å². The third kappa shape index (κ3) is 3.39. The first-order valence-corrected chi connectivity index (χ1v) is 5.90. The zero-order chi connectivity index (χ0) is 12.6. The lowest BCUT2D eigenvalue weighted by Crippen LogP contribution is -2.27. The van der Waals surface area contributed by atoms with Crippen molar-refractivity contribution in [2.24, 2.45) is 5.41 Å². The van der Waals surface area contributed by atoms with Crippen molar-refractivity contribution < 1.29 is 9.13 Å². The largest absolute Gasteiger partial charge is 0.494 e. The fraction of sp³-hybridized carbons (Fsp3) is 0.692. The summed E-state index contributed by atoms with van der Waals surface area (Å²) >= 11 is 0. The summed E-state index contributed by atoms with van der Waals surface area (Å²) < 4.78 is 19.6. The van der Waals surface area contributed by atoms with E-state index in [0.29, 0.717) is 5.76 Å². The maximum Gasteiger partial charge on any atom is 0.161 e. The Balaban J connectivity index is 3.12. The average Bonchev–Trinajstić information content (AvgIpc) is 2.04. The second-order valence-electron chi connectivity index (χ2n) is 6.36. The van der Waals surface area contributed by atoms with E-state index in [4.69, 9.17) is 4.74 Å². The molecule has 0 saturated carbocycles. The van der Waals surface area contributed by atoms with Crippen LogP contribution in [0.25, 0.3) is 0 Å². The van der Waals surface area contributed by atoms with Gasteiger partial charge in [0.2, 0.25) is 0 Å². The third-order valence-electron chi connectivity index (χ3n) is 2.52. The molecule has 0 N–H and O–H groups in total. The van der Waals surface area contributed by atoms with Gasteiger partial charge in [-0.2, -0.15) is 0 Å².